The van der Waals surface area contributed by atoms with Gasteiger partial charge in [-0.2, -0.15) is 0 Å². The summed E-state index contributed by atoms with van der Waals surface area (Å²) in [7, 11) is 3.16. The first-order valence-corrected chi connectivity index (χ1v) is 11.6. The van der Waals surface area contributed by atoms with E-state index in [9.17, 15) is 13.6 Å². The number of hydrogen-bond acceptors (Lipinski definition) is 4. The Hall–Kier alpha value is -3.45. The minimum absolute atomic E-state index is 0.269. The molecule has 35 heavy (non-hydrogen) atoms. The van der Waals surface area contributed by atoms with Gasteiger partial charge in [-0.05, 0) is 66.1 Å². The van der Waals surface area contributed by atoms with Crippen LogP contribution in [-0.2, 0) is 17.6 Å². The van der Waals surface area contributed by atoms with Gasteiger partial charge in [0.1, 0.15) is 6.04 Å². The predicted molar refractivity (Wildman–Crippen MR) is 130 cm³/mol. The highest BCUT2D eigenvalue weighted by Gasteiger charge is 2.36. The van der Waals surface area contributed by atoms with E-state index in [1.165, 1.54) is 6.92 Å². The van der Waals surface area contributed by atoms with E-state index in [0.29, 0.717) is 36.4 Å². The number of amides is 1. The van der Waals surface area contributed by atoms with Crippen LogP contribution in [-0.4, -0.2) is 31.6 Å². The molecular weight excluding hydrogens is 450 g/mol. The fraction of sp³-hybridized carbons (Fsp3) is 0.321. The molecule has 1 amide bonds. The molecule has 0 aliphatic carbocycles. The zero-order valence-corrected chi connectivity index (χ0v) is 20.2. The Morgan fingerprint density at radius 3 is 2.40 bits per heavy atom. The van der Waals surface area contributed by atoms with E-state index in [-0.39, 0.29) is 18.0 Å². The molecule has 0 aromatic heterocycles. The maximum Gasteiger partial charge on any atom is 0.239 e. The normalized spacial score (nSPS) is 16.4. The Kier molecular flexibility index (Phi) is 7.36. The molecule has 184 valence electrons. The molecule has 3 aromatic carbocycles. The molecule has 0 bridgehead atoms. The maximum atomic E-state index is 14.7. The van der Waals surface area contributed by atoms with Crippen molar-refractivity contribution in [3.05, 3.63) is 94.0 Å². The van der Waals surface area contributed by atoms with Crippen molar-refractivity contribution in [1.29, 1.82) is 0 Å². The second kappa shape index (κ2) is 10.4. The lowest BCUT2D eigenvalue weighted by molar-refractivity contribution is -0.124. The van der Waals surface area contributed by atoms with Crippen molar-refractivity contribution < 1.29 is 23.0 Å². The Morgan fingerprint density at radius 2 is 1.74 bits per heavy atom. The van der Waals surface area contributed by atoms with Crippen LogP contribution in [0.3, 0.4) is 0 Å². The molecule has 7 heteroatoms. The van der Waals surface area contributed by atoms with Crippen molar-refractivity contribution in [1.82, 2.24) is 4.90 Å². The van der Waals surface area contributed by atoms with Crippen LogP contribution in [0.15, 0.2) is 54.6 Å². The van der Waals surface area contributed by atoms with Gasteiger partial charge in [-0.1, -0.05) is 42.5 Å². The molecule has 4 rings (SSSR count). The van der Waals surface area contributed by atoms with Crippen LogP contribution in [0.25, 0.3) is 0 Å². The zero-order chi connectivity index (χ0) is 25.1. The van der Waals surface area contributed by atoms with Crippen LogP contribution in [0.2, 0.25) is 0 Å². The van der Waals surface area contributed by atoms with Crippen LogP contribution in [0.5, 0.6) is 11.5 Å². The van der Waals surface area contributed by atoms with Gasteiger partial charge in [-0.15, -0.1) is 0 Å². The summed E-state index contributed by atoms with van der Waals surface area (Å²) in [5, 5.41) is 0. The largest absolute Gasteiger partial charge is 0.493 e. The molecule has 1 heterocycles. The maximum absolute atomic E-state index is 14.7. The highest BCUT2D eigenvalue weighted by molar-refractivity contribution is 5.81. The second-order valence-electron chi connectivity index (χ2n) is 8.83. The molecule has 5 nitrogen and oxygen atoms in total. The number of carbonyl (C=O) groups excluding carboxylic acids is 1. The van der Waals surface area contributed by atoms with Gasteiger partial charge in [0, 0.05) is 12.6 Å². The second-order valence-corrected chi connectivity index (χ2v) is 8.83. The third kappa shape index (κ3) is 4.86. The molecule has 0 radical (unpaired) electrons. The van der Waals surface area contributed by atoms with E-state index in [0.717, 1.165) is 16.7 Å². The van der Waals surface area contributed by atoms with Gasteiger partial charge in [0.2, 0.25) is 5.91 Å². The van der Waals surface area contributed by atoms with E-state index in [2.05, 4.69) is 4.90 Å². The minimum Gasteiger partial charge on any atom is -0.493 e. The Morgan fingerprint density at radius 1 is 1.06 bits per heavy atom. The van der Waals surface area contributed by atoms with Gasteiger partial charge >= 0.3 is 0 Å². The first kappa shape index (κ1) is 24.7. The van der Waals surface area contributed by atoms with E-state index in [1.54, 1.807) is 26.4 Å². The molecule has 0 spiro atoms. The van der Waals surface area contributed by atoms with Crippen LogP contribution >= 0.6 is 0 Å². The number of primary amides is 1. The monoisotopic (exact) mass is 480 g/mol. The van der Waals surface area contributed by atoms with E-state index in [1.807, 2.05) is 42.5 Å². The van der Waals surface area contributed by atoms with Crippen molar-refractivity contribution >= 4 is 5.91 Å². The number of halogens is 2. The summed E-state index contributed by atoms with van der Waals surface area (Å²) in [5.74, 6) is -0.915. The average Bonchev–Trinajstić information content (AvgIpc) is 2.87. The standard InChI is InChI=1S/C28H30F2N2O3/c1-17-9-10-18(26(30)25(17)29)11-12-22-21-16-24(35-3)23(34-2)15-20(21)13-14-32(22)27(28(31)33)19-7-5-4-6-8-19/h4-10,15-16,22,27H,11-14H2,1-3H3,(H2,31,33)/t22-,27?/m0/s1. The molecule has 1 unspecified atom stereocenters. The Bertz CT molecular complexity index is 1220. The van der Waals surface area contributed by atoms with Crippen molar-refractivity contribution in [2.75, 3.05) is 20.8 Å². The third-order valence-corrected chi connectivity index (χ3v) is 6.80. The summed E-state index contributed by atoms with van der Waals surface area (Å²) in [5.41, 5.74) is 9.31. The summed E-state index contributed by atoms with van der Waals surface area (Å²) in [6, 6.07) is 15.5. The first-order valence-electron chi connectivity index (χ1n) is 11.6. The SMILES string of the molecule is COc1cc2c(cc1OC)[C@H](CCc1ccc(C)c(F)c1F)N(C(C(N)=O)c1ccccc1)CC2. The van der Waals surface area contributed by atoms with Crippen LogP contribution < -0.4 is 15.2 Å². The van der Waals surface area contributed by atoms with Gasteiger partial charge in [0.05, 0.1) is 14.2 Å². The molecule has 0 saturated carbocycles. The molecular formula is C28H30F2N2O3. The molecule has 1 aliphatic rings. The molecule has 0 saturated heterocycles. The van der Waals surface area contributed by atoms with Crippen LogP contribution in [0, 0.1) is 18.6 Å². The van der Waals surface area contributed by atoms with Gasteiger partial charge in [0.15, 0.2) is 23.1 Å². The molecule has 2 atom stereocenters. The number of nitrogens with zero attached hydrogens (tertiary/aromatic N) is 1. The number of hydrogen-bond donors (Lipinski definition) is 1. The number of rotatable bonds is 8. The van der Waals surface area contributed by atoms with Crippen LogP contribution in [0.1, 0.15) is 46.3 Å². The Labute approximate surface area is 204 Å². The molecule has 0 fully saturated rings. The van der Waals surface area contributed by atoms with E-state index >= 15 is 0 Å². The number of ether oxygens (including phenoxy) is 2. The number of benzene rings is 3. The van der Waals surface area contributed by atoms with Crippen LogP contribution in [0.4, 0.5) is 8.78 Å². The molecule has 1 aliphatic heterocycles. The third-order valence-electron chi connectivity index (χ3n) is 6.80. The minimum atomic E-state index is -0.825. The fourth-order valence-electron chi connectivity index (χ4n) is 5.00. The van der Waals surface area contributed by atoms with Gasteiger partial charge in [-0.25, -0.2) is 8.78 Å². The van der Waals surface area contributed by atoms with Crippen molar-refractivity contribution in [3.63, 3.8) is 0 Å². The van der Waals surface area contributed by atoms with E-state index < -0.39 is 23.6 Å². The number of nitrogens with two attached hydrogens (primary N) is 1. The number of fused-ring (bicyclic) bond motifs is 1. The first-order chi connectivity index (χ1) is 16.8. The van der Waals surface area contributed by atoms with Gasteiger partial charge in [0.25, 0.3) is 0 Å². The van der Waals surface area contributed by atoms with Crippen molar-refractivity contribution in [2.45, 2.75) is 38.3 Å². The van der Waals surface area contributed by atoms with E-state index in [4.69, 9.17) is 15.2 Å². The quantitative estimate of drug-likeness (QED) is 0.490. The highest BCUT2D eigenvalue weighted by atomic mass is 19.2. The summed E-state index contributed by atoms with van der Waals surface area (Å²) in [6.45, 7) is 2.11. The molecule has 3 aromatic rings. The lowest BCUT2D eigenvalue weighted by Gasteiger charge is -2.41. The highest BCUT2D eigenvalue weighted by Crippen LogP contribution is 2.43. The summed E-state index contributed by atoms with van der Waals surface area (Å²) >= 11 is 0. The number of aryl methyl sites for hydroxylation is 2. The average molecular weight is 481 g/mol. The summed E-state index contributed by atoms with van der Waals surface area (Å²) in [4.78, 5) is 14.8. The fourth-order valence-corrected chi connectivity index (χ4v) is 5.00. The topological polar surface area (TPSA) is 64.8 Å². The summed E-state index contributed by atoms with van der Waals surface area (Å²) < 4.78 is 39.9. The summed E-state index contributed by atoms with van der Waals surface area (Å²) in [6.07, 6.45) is 1.42. The smallest absolute Gasteiger partial charge is 0.239 e. The predicted octanol–water partition coefficient (Wildman–Crippen LogP) is 5.05. The zero-order valence-electron chi connectivity index (χ0n) is 20.2. The van der Waals surface area contributed by atoms with Gasteiger partial charge < -0.3 is 15.2 Å². The van der Waals surface area contributed by atoms with Crippen molar-refractivity contribution in [3.8, 4) is 11.5 Å². The number of carbonyl (C=O) groups is 1. The van der Waals surface area contributed by atoms with Gasteiger partial charge in [-0.3, -0.25) is 9.69 Å². The van der Waals surface area contributed by atoms with Crippen molar-refractivity contribution in [2.24, 2.45) is 5.73 Å². The number of methoxy groups -OCH3 is 2. The lowest BCUT2D eigenvalue weighted by atomic mass is 9.86. The lowest BCUT2D eigenvalue weighted by Crippen LogP contribution is -2.44. The molecule has 2 N–H and O–H groups in total. The Balaban J connectivity index is 1.78.